The van der Waals surface area contributed by atoms with Crippen LogP contribution in [-0.4, -0.2) is 12.5 Å². The molecule has 22 heavy (non-hydrogen) atoms. The highest BCUT2D eigenvalue weighted by molar-refractivity contribution is 5.96. The van der Waals surface area contributed by atoms with Crippen molar-refractivity contribution in [3.05, 3.63) is 53.6 Å². The highest BCUT2D eigenvalue weighted by Gasteiger charge is 2.08. The monoisotopic (exact) mass is 297 g/mol. The van der Waals surface area contributed by atoms with Crippen molar-refractivity contribution in [2.24, 2.45) is 0 Å². The number of nitrogen functional groups attached to an aromatic ring is 1. The van der Waals surface area contributed by atoms with Crippen LogP contribution < -0.4 is 16.4 Å². The molecule has 2 rings (SSSR count). The molecule has 0 aliphatic rings. The van der Waals surface area contributed by atoms with E-state index in [1.807, 2.05) is 31.2 Å². The molecule has 0 unspecified atom stereocenters. The maximum Gasteiger partial charge on any atom is 0.251 e. The second-order valence-electron chi connectivity index (χ2n) is 5.19. The van der Waals surface area contributed by atoms with Crippen molar-refractivity contribution in [2.75, 3.05) is 17.6 Å². The fourth-order valence-electron chi connectivity index (χ4n) is 2.25. The zero-order valence-electron chi connectivity index (χ0n) is 13.1. The Hall–Kier alpha value is -2.49. The van der Waals surface area contributed by atoms with Gasteiger partial charge >= 0.3 is 0 Å². The van der Waals surface area contributed by atoms with Gasteiger partial charge in [0, 0.05) is 17.8 Å². The molecule has 0 aliphatic heterocycles. The van der Waals surface area contributed by atoms with Crippen molar-refractivity contribution in [2.45, 2.75) is 26.7 Å². The van der Waals surface area contributed by atoms with Gasteiger partial charge in [-0.3, -0.25) is 4.79 Å². The van der Waals surface area contributed by atoms with Crippen LogP contribution in [0, 0.1) is 0 Å². The lowest BCUT2D eigenvalue weighted by Crippen LogP contribution is -2.24. The first kappa shape index (κ1) is 15.9. The van der Waals surface area contributed by atoms with Gasteiger partial charge in [0.25, 0.3) is 5.91 Å². The van der Waals surface area contributed by atoms with Gasteiger partial charge in [0.1, 0.15) is 0 Å². The molecule has 0 atom stereocenters. The van der Waals surface area contributed by atoms with Crippen molar-refractivity contribution in [3.8, 4) is 0 Å². The molecule has 0 aliphatic carbocycles. The number of hydrogen-bond acceptors (Lipinski definition) is 3. The molecule has 0 spiro atoms. The van der Waals surface area contributed by atoms with E-state index in [0.29, 0.717) is 17.8 Å². The summed E-state index contributed by atoms with van der Waals surface area (Å²) in [6.45, 7) is 4.81. The maximum atomic E-state index is 11.9. The summed E-state index contributed by atoms with van der Waals surface area (Å²) in [5, 5.41) is 6.19. The molecule has 0 bridgehead atoms. The molecular weight excluding hydrogens is 274 g/mol. The van der Waals surface area contributed by atoms with Crippen molar-refractivity contribution < 1.29 is 4.79 Å². The fraction of sp³-hybridized carbons (Fsp3) is 0.278. The molecule has 0 fully saturated rings. The lowest BCUT2D eigenvalue weighted by molar-refractivity contribution is 0.0953. The average Bonchev–Trinajstić information content (AvgIpc) is 2.54. The Morgan fingerprint density at radius 3 is 2.55 bits per heavy atom. The summed E-state index contributed by atoms with van der Waals surface area (Å²) >= 11 is 0. The van der Waals surface area contributed by atoms with Crippen molar-refractivity contribution in [1.82, 2.24) is 5.32 Å². The number of carbonyl (C=O) groups is 1. The number of carbonyl (C=O) groups excluding carboxylic acids is 1. The minimum absolute atomic E-state index is 0.0888. The lowest BCUT2D eigenvalue weighted by atomic mass is 10.1. The summed E-state index contributed by atoms with van der Waals surface area (Å²) in [7, 11) is 0. The maximum absolute atomic E-state index is 11.9. The smallest absolute Gasteiger partial charge is 0.251 e. The Morgan fingerprint density at radius 1 is 1.09 bits per heavy atom. The minimum atomic E-state index is -0.0888. The first-order chi connectivity index (χ1) is 10.7. The predicted octanol–water partition coefficient (Wildman–Crippen LogP) is 3.71. The van der Waals surface area contributed by atoms with Crippen LogP contribution in [0.2, 0.25) is 0 Å². The third-order valence-corrected chi connectivity index (χ3v) is 3.52. The van der Waals surface area contributed by atoms with E-state index in [9.17, 15) is 4.79 Å². The molecule has 116 valence electrons. The Kier molecular flexibility index (Phi) is 5.42. The second kappa shape index (κ2) is 7.50. The normalized spacial score (nSPS) is 10.3. The van der Waals surface area contributed by atoms with Gasteiger partial charge in [-0.05, 0) is 42.7 Å². The van der Waals surface area contributed by atoms with Crippen LogP contribution in [-0.2, 0) is 6.42 Å². The van der Waals surface area contributed by atoms with Gasteiger partial charge in [-0.15, -0.1) is 0 Å². The van der Waals surface area contributed by atoms with Crippen molar-refractivity contribution in [3.63, 3.8) is 0 Å². The van der Waals surface area contributed by atoms with E-state index in [1.165, 1.54) is 5.56 Å². The largest absolute Gasteiger partial charge is 0.397 e. The van der Waals surface area contributed by atoms with Gasteiger partial charge in [-0.1, -0.05) is 32.0 Å². The zero-order chi connectivity index (χ0) is 15.9. The van der Waals surface area contributed by atoms with Crippen LogP contribution in [0.25, 0.3) is 0 Å². The number of benzene rings is 2. The average molecular weight is 297 g/mol. The van der Waals surface area contributed by atoms with Crippen molar-refractivity contribution >= 4 is 23.0 Å². The zero-order valence-corrected chi connectivity index (χ0v) is 13.1. The molecule has 0 aromatic heterocycles. The molecule has 0 saturated carbocycles. The van der Waals surface area contributed by atoms with Crippen LogP contribution in [0.4, 0.5) is 17.1 Å². The summed E-state index contributed by atoms with van der Waals surface area (Å²) in [6.07, 6.45) is 1.86. The first-order valence-electron chi connectivity index (χ1n) is 7.68. The number of nitrogens with two attached hydrogens (primary N) is 1. The number of amides is 1. The number of para-hydroxylation sites is 1. The van der Waals surface area contributed by atoms with Crippen LogP contribution in [0.5, 0.6) is 0 Å². The van der Waals surface area contributed by atoms with Crippen LogP contribution in [0.1, 0.15) is 36.2 Å². The summed E-state index contributed by atoms with van der Waals surface area (Å²) in [6, 6.07) is 13.5. The number of rotatable bonds is 6. The van der Waals surface area contributed by atoms with Gasteiger partial charge in [-0.25, -0.2) is 0 Å². The van der Waals surface area contributed by atoms with E-state index in [-0.39, 0.29) is 5.91 Å². The van der Waals surface area contributed by atoms with Crippen LogP contribution >= 0.6 is 0 Å². The Morgan fingerprint density at radius 2 is 1.86 bits per heavy atom. The van der Waals surface area contributed by atoms with Gasteiger partial charge in [-0.2, -0.15) is 0 Å². The third-order valence-electron chi connectivity index (χ3n) is 3.52. The minimum Gasteiger partial charge on any atom is -0.397 e. The van der Waals surface area contributed by atoms with Gasteiger partial charge < -0.3 is 16.4 Å². The van der Waals surface area contributed by atoms with Crippen molar-refractivity contribution in [1.29, 1.82) is 0 Å². The van der Waals surface area contributed by atoms with E-state index < -0.39 is 0 Å². The highest BCUT2D eigenvalue weighted by Crippen LogP contribution is 2.26. The van der Waals surface area contributed by atoms with Crippen LogP contribution in [0.15, 0.2) is 42.5 Å². The standard InChI is InChI=1S/C18H23N3O/c1-3-11-20-18(22)14-9-10-17(15(19)12-14)21-16-8-6-5-7-13(16)4-2/h5-10,12,21H,3-4,11,19H2,1-2H3,(H,20,22). The third kappa shape index (κ3) is 3.79. The first-order valence-corrected chi connectivity index (χ1v) is 7.68. The number of hydrogen-bond donors (Lipinski definition) is 3. The van der Waals surface area contributed by atoms with Gasteiger partial charge in [0.05, 0.1) is 11.4 Å². The van der Waals surface area contributed by atoms with Crippen LogP contribution in [0.3, 0.4) is 0 Å². The molecule has 0 radical (unpaired) electrons. The molecule has 4 nitrogen and oxygen atoms in total. The summed E-state index contributed by atoms with van der Waals surface area (Å²) in [5.74, 6) is -0.0888. The van der Waals surface area contributed by atoms with E-state index in [0.717, 1.165) is 24.2 Å². The number of anilines is 3. The predicted molar refractivity (Wildman–Crippen MR) is 92.6 cm³/mol. The fourth-order valence-corrected chi connectivity index (χ4v) is 2.25. The Labute approximate surface area is 131 Å². The Bertz CT molecular complexity index is 653. The van der Waals surface area contributed by atoms with E-state index in [4.69, 9.17) is 5.73 Å². The molecule has 1 amide bonds. The lowest BCUT2D eigenvalue weighted by Gasteiger charge is -2.14. The van der Waals surface area contributed by atoms with Gasteiger partial charge in [0.2, 0.25) is 0 Å². The molecule has 0 saturated heterocycles. The van der Waals surface area contributed by atoms with Gasteiger partial charge in [0.15, 0.2) is 0 Å². The summed E-state index contributed by atoms with van der Waals surface area (Å²) in [5.41, 5.74) is 10.3. The summed E-state index contributed by atoms with van der Waals surface area (Å²) < 4.78 is 0. The second-order valence-corrected chi connectivity index (χ2v) is 5.19. The molecule has 4 heteroatoms. The number of nitrogens with one attached hydrogen (secondary N) is 2. The Balaban J connectivity index is 2.18. The quantitative estimate of drug-likeness (QED) is 0.712. The molecular formula is C18H23N3O. The van der Waals surface area contributed by atoms with E-state index in [1.54, 1.807) is 12.1 Å². The molecule has 0 heterocycles. The molecule has 2 aromatic carbocycles. The molecule has 4 N–H and O–H groups in total. The molecule has 2 aromatic rings. The highest BCUT2D eigenvalue weighted by atomic mass is 16.1. The van der Waals surface area contributed by atoms with E-state index >= 15 is 0 Å². The topological polar surface area (TPSA) is 67.2 Å². The SMILES string of the molecule is CCCNC(=O)c1ccc(Nc2ccccc2CC)c(N)c1. The van der Waals surface area contributed by atoms with E-state index in [2.05, 4.69) is 23.6 Å². The summed E-state index contributed by atoms with van der Waals surface area (Å²) in [4.78, 5) is 11.9. The number of aryl methyl sites for hydroxylation is 1.